The maximum atomic E-state index is 10.8. The zero-order chi connectivity index (χ0) is 14.6. The van der Waals surface area contributed by atoms with Gasteiger partial charge in [0.1, 0.15) is 5.75 Å². The van der Waals surface area contributed by atoms with Gasteiger partial charge in [0.05, 0.1) is 0 Å². The van der Waals surface area contributed by atoms with Crippen molar-refractivity contribution in [1.29, 1.82) is 0 Å². The van der Waals surface area contributed by atoms with Crippen molar-refractivity contribution in [3.63, 3.8) is 0 Å². The van der Waals surface area contributed by atoms with E-state index in [0.717, 1.165) is 32.5 Å². The standard InChI is InChI=1S/C17H26O3/c1-3-4-6-13-19-14-7-5-8-16-9-11-17(12-10-16)20-15(2)18/h9-12H,3-8,13-14H2,1-2H3. The van der Waals surface area contributed by atoms with Gasteiger partial charge in [0.2, 0.25) is 0 Å². The molecule has 0 bridgehead atoms. The number of hydrogen-bond acceptors (Lipinski definition) is 3. The van der Waals surface area contributed by atoms with Crippen LogP contribution >= 0.6 is 0 Å². The second-order valence-electron chi connectivity index (χ2n) is 5.01. The van der Waals surface area contributed by atoms with Crippen LogP contribution in [0.1, 0.15) is 51.5 Å². The molecule has 1 rings (SSSR count). The first-order valence-corrected chi connectivity index (χ1v) is 7.57. The maximum absolute atomic E-state index is 10.8. The van der Waals surface area contributed by atoms with Crippen molar-refractivity contribution >= 4 is 5.97 Å². The molecule has 0 aliphatic rings. The molecule has 1 aromatic rings. The lowest BCUT2D eigenvalue weighted by Gasteiger charge is -2.05. The first kappa shape index (κ1) is 16.7. The van der Waals surface area contributed by atoms with Crippen molar-refractivity contribution < 1.29 is 14.3 Å². The molecule has 3 nitrogen and oxygen atoms in total. The number of hydrogen-bond donors (Lipinski definition) is 0. The summed E-state index contributed by atoms with van der Waals surface area (Å²) in [5.41, 5.74) is 1.27. The van der Waals surface area contributed by atoms with E-state index in [1.165, 1.54) is 31.7 Å². The number of aryl methyl sites for hydroxylation is 1. The van der Waals surface area contributed by atoms with E-state index >= 15 is 0 Å². The molecule has 20 heavy (non-hydrogen) atoms. The molecule has 0 aliphatic heterocycles. The third-order valence-corrected chi connectivity index (χ3v) is 3.08. The molecule has 0 amide bonds. The van der Waals surface area contributed by atoms with E-state index < -0.39 is 0 Å². The van der Waals surface area contributed by atoms with Gasteiger partial charge in [-0.2, -0.15) is 0 Å². The molecule has 1 aromatic carbocycles. The third-order valence-electron chi connectivity index (χ3n) is 3.08. The fraction of sp³-hybridized carbons (Fsp3) is 0.588. The lowest BCUT2D eigenvalue weighted by atomic mass is 10.1. The van der Waals surface area contributed by atoms with Crippen molar-refractivity contribution in [3.8, 4) is 5.75 Å². The van der Waals surface area contributed by atoms with Crippen LogP contribution in [0.5, 0.6) is 5.75 Å². The summed E-state index contributed by atoms with van der Waals surface area (Å²) in [7, 11) is 0. The third kappa shape index (κ3) is 7.95. The summed E-state index contributed by atoms with van der Waals surface area (Å²) in [4.78, 5) is 10.8. The minimum atomic E-state index is -0.280. The minimum Gasteiger partial charge on any atom is -0.427 e. The van der Waals surface area contributed by atoms with E-state index in [9.17, 15) is 4.79 Å². The van der Waals surface area contributed by atoms with Crippen molar-refractivity contribution in [2.24, 2.45) is 0 Å². The van der Waals surface area contributed by atoms with Crippen LogP contribution in [0.3, 0.4) is 0 Å². The van der Waals surface area contributed by atoms with E-state index in [2.05, 4.69) is 6.92 Å². The Labute approximate surface area is 122 Å². The fourth-order valence-corrected chi connectivity index (χ4v) is 1.98. The average Bonchev–Trinajstić information content (AvgIpc) is 2.43. The summed E-state index contributed by atoms with van der Waals surface area (Å²) in [5, 5.41) is 0. The quantitative estimate of drug-likeness (QED) is 0.366. The molecule has 0 fully saturated rings. The largest absolute Gasteiger partial charge is 0.427 e. The number of unbranched alkanes of at least 4 members (excludes halogenated alkanes) is 3. The van der Waals surface area contributed by atoms with Crippen LogP contribution in [0.4, 0.5) is 0 Å². The second kappa shape index (κ2) is 10.4. The van der Waals surface area contributed by atoms with Gasteiger partial charge < -0.3 is 9.47 Å². The summed E-state index contributed by atoms with van der Waals surface area (Å²) >= 11 is 0. The molecule has 0 saturated heterocycles. The Morgan fingerprint density at radius 1 is 1.00 bits per heavy atom. The zero-order valence-electron chi connectivity index (χ0n) is 12.7. The Hall–Kier alpha value is -1.35. The van der Waals surface area contributed by atoms with Gasteiger partial charge in [-0.05, 0) is 43.4 Å². The van der Waals surface area contributed by atoms with Gasteiger partial charge >= 0.3 is 5.97 Å². The molecule has 0 aromatic heterocycles. The smallest absolute Gasteiger partial charge is 0.308 e. The van der Waals surface area contributed by atoms with Gasteiger partial charge in [-0.25, -0.2) is 0 Å². The summed E-state index contributed by atoms with van der Waals surface area (Å²) < 4.78 is 10.6. The zero-order valence-corrected chi connectivity index (χ0v) is 12.7. The normalized spacial score (nSPS) is 10.5. The van der Waals surface area contributed by atoms with Crippen LogP contribution in [0.25, 0.3) is 0 Å². The molecule has 0 radical (unpaired) electrons. The summed E-state index contributed by atoms with van der Waals surface area (Å²) in [6.45, 7) is 5.36. The number of carbonyl (C=O) groups excluding carboxylic acids is 1. The van der Waals surface area contributed by atoms with Gasteiger partial charge in [0.15, 0.2) is 0 Å². The average molecular weight is 278 g/mol. The molecule has 0 unspecified atom stereocenters. The van der Waals surface area contributed by atoms with Crippen LogP contribution in [0.2, 0.25) is 0 Å². The molecular formula is C17H26O3. The Kier molecular flexibility index (Phi) is 8.72. The highest BCUT2D eigenvalue weighted by atomic mass is 16.5. The Morgan fingerprint density at radius 2 is 1.65 bits per heavy atom. The maximum Gasteiger partial charge on any atom is 0.308 e. The van der Waals surface area contributed by atoms with E-state index in [1.54, 1.807) is 0 Å². The van der Waals surface area contributed by atoms with Gasteiger partial charge in [0.25, 0.3) is 0 Å². The molecule has 3 heteroatoms. The van der Waals surface area contributed by atoms with Crippen LogP contribution in [0.15, 0.2) is 24.3 Å². The fourth-order valence-electron chi connectivity index (χ4n) is 1.98. The Bertz CT molecular complexity index is 370. The summed E-state index contributed by atoms with van der Waals surface area (Å²) in [6, 6.07) is 7.72. The molecule has 0 heterocycles. The summed E-state index contributed by atoms with van der Waals surface area (Å²) in [6.07, 6.45) is 6.94. The van der Waals surface area contributed by atoms with Gasteiger partial charge in [-0.3, -0.25) is 4.79 Å². The van der Waals surface area contributed by atoms with Gasteiger partial charge in [0, 0.05) is 20.1 Å². The highest BCUT2D eigenvalue weighted by molar-refractivity contribution is 5.69. The lowest BCUT2D eigenvalue weighted by molar-refractivity contribution is -0.131. The van der Waals surface area contributed by atoms with Crippen LogP contribution in [0, 0.1) is 0 Å². The highest BCUT2D eigenvalue weighted by Crippen LogP contribution is 2.14. The Morgan fingerprint density at radius 3 is 2.25 bits per heavy atom. The monoisotopic (exact) mass is 278 g/mol. The van der Waals surface area contributed by atoms with Crippen molar-refractivity contribution in [1.82, 2.24) is 0 Å². The van der Waals surface area contributed by atoms with E-state index in [4.69, 9.17) is 9.47 Å². The molecular weight excluding hydrogens is 252 g/mol. The molecule has 0 aliphatic carbocycles. The minimum absolute atomic E-state index is 0.280. The summed E-state index contributed by atoms with van der Waals surface area (Å²) in [5.74, 6) is 0.332. The number of esters is 1. The SMILES string of the molecule is CCCCCOCCCCc1ccc(OC(C)=O)cc1. The second-order valence-corrected chi connectivity index (χ2v) is 5.01. The van der Waals surface area contributed by atoms with Crippen LogP contribution < -0.4 is 4.74 Å². The van der Waals surface area contributed by atoms with Crippen molar-refractivity contribution in [3.05, 3.63) is 29.8 Å². The number of carbonyl (C=O) groups is 1. The van der Waals surface area contributed by atoms with Gasteiger partial charge in [-0.15, -0.1) is 0 Å². The molecule has 0 saturated carbocycles. The van der Waals surface area contributed by atoms with Crippen LogP contribution in [-0.2, 0) is 16.0 Å². The predicted octanol–water partition coefficient (Wildman–Crippen LogP) is 4.14. The lowest BCUT2D eigenvalue weighted by Crippen LogP contribution is -2.01. The molecule has 0 atom stereocenters. The van der Waals surface area contributed by atoms with Crippen LogP contribution in [-0.4, -0.2) is 19.2 Å². The molecule has 112 valence electrons. The number of benzene rings is 1. The van der Waals surface area contributed by atoms with E-state index in [1.807, 2.05) is 24.3 Å². The number of rotatable bonds is 10. The van der Waals surface area contributed by atoms with Gasteiger partial charge in [-0.1, -0.05) is 31.9 Å². The van der Waals surface area contributed by atoms with Crippen molar-refractivity contribution in [2.45, 2.75) is 52.4 Å². The highest BCUT2D eigenvalue weighted by Gasteiger charge is 1.99. The first-order chi connectivity index (χ1) is 9.72. The molecule has 0 spiro atoms. The van der Waals surface area contributed by atoms with Crippen molar-refractivity contribution in [2.75, 3.05) is 13.2 Å². The van der Waals surface area contributed by atoms with E-state index in [-0.39, 0.29) is 5.97 Å². The topological polar surface area (TPSA) is 35.5 Å². The first-order valence-electron chi connectivity index (χ1n) is 7.57. The predicted molar refractivity (Wildman–Crippen MR) is 81.0 cm³/mol. The van der Waals surface area contributed by atoms with E-state index in [0.29, 0.717) is 5.75 Å². The Balaban J connectivity index is 2.08. The number of ether oxygens (including phenoxy) is 2. The molecule has 0 N–H and O–H groups in total.